The number of hydrogen-bond acceptors (Lipinski definition) is 5. The van der Waals surface area contributed by atoms with Crippen LogP contribution >= 0.6 is 0 Å². The monoisotopic (exact) mass is 406 g/mol. The zero-order valence-corrected chi connectivity index (χ0v) is 17.0. The van der Waals surface area contributed by atoms with Crippen LogP contribution in [0.25, 0.3) is 0 Å². The van der Waals surface area contributed by atoms with E-state index in [0.717, 1.165) is 5.56 Å². The molecule has 2 unspecified atom stereocenters. The van der Waals surface area contributed by atoms with Gasteiger partial charge in [0, 0.05) is 6.42 Å². The van der Waals surface area contributed by atoms with Crippen molar-refractivity contribution in [3.8, 4) is 0 Å². The molecule has 1 aromatic carbocycles. The van der Waals surface area contributed by atoms with Gasteiger partial charge < -0.3 is 26.4 Å². The molecule has 0 spiro atoms. The van der Waals surface area contributed by atoms with Crippen LogP contribution in [0.1, 0.15) is 25.8 Å². The van der Waals surface area contributed by atoms with E-state index in [9.17, 15) is 19.2 Å². The van der Waals surface area contributed by atoms with Crippen LogP contribution in [0.2, 0.25) is 0 Å². The first-order chi connectivity index (χ1) is 13.7. The standard InChI is InChI=1S/C20H30N4O5/c1-13(2)9-15(19(28)22-12-18(26)27)24-20(29)16(23-17(25)11-21-3)10-14-7-5-4-6-8-14/h4-8,13,15-16,21H,9-12H2,1-3H3,(H,22,28)(H,23,25)(H,24,29)(H,26,27). The maximum atomic E-state index is 12.9. The normalized spacial score (nSPS) is 12.7. The fraction of sp³-hybridized carbons (Fsp3) is 0.500. The summed E-state index contributed by atoms with van der Waals surface area (Å²) in [6.07, 6.45) is 0.590. The molecule has 29 heavy (non-hydrogen) atoms. The molecule has 1 rings (SSSR count). The molecule has 0 saturated carbocycles. The molecule has 0 heterocycles. The minimum Gasteiger partial charge on any atom is -0.480 e. The molecule has 0 saturated heterocycles. The lowest BCUT2D eigenvalue weighted by molar-refractivity contribution is -0.138. The Kier molecular flexibility index (Phi) is 10.4. The van der Waals surface area contributed by atoms with Gasteiger partial charge in [-0.05, 0) is 24.9 Å². The molecule has 160 valence electrons. The molecule has 1 aromatic rings. The predicted molar refractivity (Wildman–Crippen MR) is 108 cm³/mol. The van der Waals surface area contributed by atoms with Crippen LogP contribution in [0.15, 0.2) is 30.3 Å². The van der Waals surface area contributed by atoms with Crippen LogP contribution in [0, 0.1) is 5.92 Å². The zero-order chi connectivity index (χ0) is 21.8. The second-order valence-electron chi connectivity index (χ2n) is 7.14. The van der Waals surface area contributed by atoms with Crippen LogP contribution in [0.3, 0.4) is 0 Å². The SMILES string of the molecule is CNCC(=O)NC(Cc1ccccc1)C(=O)NC(CC(C)C)C(=O)NCC(=O)O. The van der Waals surface area contributed by atoms with Crippen molar-refractivity contribution in [2.75, 3.05) is 20.1 Å². The number of benzene rings is 1. The van der Waals surface area contributed by atoms with E-state index in [1.807, 2.05) is 44.2 Å². The van der Waals surface area contributed by atoms with Crippen LogP contribution < -0.4 is 21.3 Å². The van der Waals surface area contributed by atoms with Crippen molar-refractivity contribution in [1.82, 2.24) is 21.3 Å². The van der Waals surface area contributed by atoms with Crippen molar-refractivity contribution in [2.45, 2.75) is 38.8 Å². The lowest BCUT2D eigenvalue weighted by Crippen LogP contribution is -2.55. The summed E-state index contributed by atoms with van der Waals surface area (Å²) in [5.41, 5.74) is 0.855. The van der Waals surface area contributed by atoms with Gasteiger partial charge in [0.1, 0.15) is 18.6 Å². The van der Waals surface area contributed by atoms with E-state index in [-0.39, 0.29) is 24.8 Å². The van der Waals surface area contributed by atoms with Crippen LogP contribution in [0.5, 0.6) is 0 Å². The van der Waals surface area contributed by atoms with E-state index in [4.69, 9.17) is 5.11 Å². The highest BCUT2D eigenvalue weighted by atomic mass is 16.4. The highest BCUT2D eigenvalue weighted by Crippen LogP contribution is 2.08. The van der Waals surface area contributed by atoms with Gasteiger partial charge in [0.05, 0.1) is 6.54 Å². The van der Waals surface area contributed by atoms with Crippen molar-refractivity contribution in [3.63, 3.8) is 0 Å². The highest BCUT2D eigenvalue weighted by molar-refractivity contribution is 5.93. The molecule has 3 amide bonds. The number of amides is 3. The largest absolute Gasteiger partial charge is 0.480 e. The molecule has 0 radical (unpaired) electrons. The van der Waals surface area contributed by atoms with E-state index < -0.39 is 36.4 Å². The Labute approximate surface area is 170 Å². The topological polar surface area (TPSA) is 137 Å². The molecular weight excluding hydrogens is 376 g/mol. The number of carbonyl (C=O) groups is 4. The molecule has 5 N–H and O–H groups in total. The molecule has 0 bridgehead atoms. The third-order valence-electron chi connectivity index (χ3n) is 4.03. The quantitative estimate of drug-likeness (QED) is 0.322. The zero-order valence-electron chi connectivity index (χ0n) is 17.0. The fourth-order valence-corrected chi connectivity index (χ4v) is 2.73. The third-order valence-corrected chi connectivity index (χ3v) is 4.03. The number of carboxylic acid groups (broad SMARTS) is 1. The summed E-state index contributed by atoms with van der Waals surface area (Å²) in [6, 6.07) is 7.43. The minimum absolute atomic E-state index is 0.0487. The summed E-state index contributed by atoms with van der Waals surface area (Å²) in [7, 11) is 1.62. The number of hydrogen-bond donors (Lipinski definition) is 5. The second kappa shape index (κ2) is 12.5. The first-order valence-electron chi connectivity index (χ1n) is 9.50. The maximum Gasteiger partial charge on any atom is 0.322 e. The Balaban J connectivity index is 2.92. The molecular formula is C20H30N4O5. The smallest absolute Gasteiger partial charge is 0.322 e. The molecule has 0 aliphatic rings. The summed E-state index contributed by atoms with van der Waals surface area (Å²) in [6.45, 7) is 3.29. The van der Waals surface area contributed by atoms with Crippen molar-refractivity contribution in [2.24, 2.45) is 5.92 Å². The third kappa shape index (κ3) is 9.70. The minimum atomic E-state index is -1.17. The van der Waals surface area contributed by atoms with Crippen molar-refractivity contribution in [3.05, 3.63) is 35.9 Å². The van der Waals surface area contributed by atoms with E-state index in [2.05, 4.69) is 21.3 Å². The Morgan fingerprint density at radius 3 is 2.14 bits per heavy atom. The Morgan fingerprint density at radius 2 is 1.59 bits per heavy atom. The number of aliphatic carboxylic acids is 1. The average molecular weight is 406 g/mol. The molecule has 2 atom stereocenters. The van der Waals surface area contributed by atoms with Crippen LogP contribution in [-0.2, 0) is 25.6 Å². The van der Waals surface area contributed by atoms with Crippen molar-refractivity contribution >= 4 is 23.7 Å². The van der Waals surface area contributed by atoms with E-state index in [0.29, 0.717) is 6.42 Å². The number of likely N-dealkylation sites (N-methyl/N-ethyl adjacent to an activating group) is 1. The molecule has 0 aliphatic heterocycles. The van der Waals surface area contributed by atoms with Gasteiger partial charge in [0.15, 0.2) is 0 Å². The van der Waals surface area contributed by atoms with Crippen LogP contribution in [0.4, 0.5) is 0 Å². The second-order valence-corrected chi connectivity index (χ2v) is 7.14. The van der Waals surface area contributed by atoms with E-state index in [1.54, 1.807) is 7.05 Å². The Bertz CT molecular complexity index is 693. The van der Waals surface area contributed by atoms with Gasteiger partial charge in [-0.25, -0.2) is 0 Å². The van der Waals surface area contributed by atoms with Gasteiger partial charge >= 0.3 is 5.97 Å². The molecule has 9 heteroatoms. The lowest BCUT2D eigenvalue weighted by Gasteiger charge is -2.24. The van der Waals surface area contributed by atoms with Crippen molar-refractivity contribution in [1.29, 1.82) is 0 Å². The lowest BCUT2D eigenvalue weighted by atomic mass is 10.0. The number of nitrogens with one attached hydrogen (secondary N) is 4. The summed E-state index contributed by atoms with van der Waals surface area (Å²) < 4.78 is 0. The Morgan fingerprint density at radius 1 is 0.931 bits per heavy atom. The van der Waals surface area contributed by atoms with E-state index in [1.165, 1.54) is 0 Å². The van der Waals surface area contributed by atoms with Gasteiger partial charge in [-0.15, -0.1) is 0 Å². The predicted octanol–water partition coefficient (Wildman–Crippen LogP) is -0.335. The maximum absolute atomic E-state index is 12.9. The van der Waals surface area contributed by atoms with Gasteiger partial charge in [-0.3, -0.25) is 19.2 Å². The molecule has 9 nitrogen and oxygen atoms in total. The summed E-state index contributed by atoms with van der Waals surface area (Å²) in [5, 5.41) is 19.1. The summed E-state index contributed by atoms with van der Waals surface area (Å²) in [5.74, 6) is -2.51. The van der Waals surface area contributed by atoms with Crippen LogP contribution in [-0.4, -0.2) is 61.0 Å². The highest BCUT2D eigenvalue weighted by Gasteiger charge is 2.27. The molecule has 0 fully saturated rings. The summed E-state index contributed by atoms with van der Waals surface area (Å²) >= 11 is 0. The van der Waals surface area contributed by atoms with Gasteiger partial charge in [0.25, 0.3) is 0 Å². The number of carboxylic acids is 1. The first kappa shape index (κ1) is 24.1. The number of carbonyl (C=O) groups excluding carboxylic acids is 3. The first-order valence-corrected chi connectivity index (χ1v) is 9.50. The van der Waals surface area contributed by atoms with Gasteiger partial charge in [-0.1, -0.05) is 44.2 Å². The number of rotatable bonds is 12. The Hall–Kier alpha value is -2.94. The average Bonchev–Trinajstić information content (AvgIpc) is 2.65. The fourth-order valence-electron chi connectivity index (χ4n) is 2.73. The molecule has 0 aliphatic carbocycles. The van der Waals surface area contributed by atoms with Gasteiger partial charge in [-0.2, -0.15) is 0 Å². The molecule has 0 aromatic heterocycles. The van der Waals surface area contributed by atoms with E-state index >= 15 is 0 Å². The van der Waals surface area contributed by atoms with Crippen molar-refractivity contribution < 1.29 is 24.3 Å². The summed E-state index contributed by atoms with van der Waals surface area (Å²) in [4.78, 5) is 48.0. The van der Waals surface area contributed by atoms with Gasteiger partial charge in [0.2, 0.25) is 17.7 Å².